The summed E-state index contributed by atoms with van der Waals surface area (Å²) in [6.45, 7) is 3.77. The van der Waals surface area contributed by atoms with Crippen LogP contribution in [0, 0.1) is 0 Å². The monoisotopic (exact) mass is 352 g/mol. The highest BCUT2D eigenvalue weighted by Crippen LogP contribution is 2.39. The van der Waals surface area contributed by atoms with Gasteiger partial charge in [-0.25, -0.2) is 0 Å². The minimum Gasteiger partial charge on any atom is -0.307 e. The summed E-state index contributed by atoms with van der Waals surface area (Å²) in [5.41, 5.74) is 5.46. The second-order valence-electron chi connectivity index (χ2n) is 5.83. The van der Waals surface area contributed by atoms with Gasteiger partial charge in [0.25, 0.3) is 0 Å². The molecule has 0 aliphatic carbocycles. The van der Waals surface area contributed by atoms with Gasteiger partial charge in [0.2, 0.25) is 5.78 Å². The van der Waals surface area contributed by atoms with Gasteiger partial charge < -0.3 is 5.32 Å². The summed E-state index contributed by atoms with van der Waals surface area (Å²) in [4.78, 5) is 17.6. The van der Waals surface area contributed by atoms with Crippen LogP contribution in [0.25, 0.3) is 5.57 Å². The first-order valence-electron chi connectivity index (χ1n) is 7.48. The molecule has 6 heteroatoms. The number of ketones is 1. The SMILES string of the molecule is C=C(NOC)C(=O)C1=C(c2ccc(Cl)c(Cl)c2)CC2CC[C@H]1N2. The van der Waals surface area contributed by atoms with Gasteiger partial charge in [0.1, 0.15) is 5.70 Å². The van der Waals surface area contributed by atoms with Crippen molar-refractivity contribution in [2.75, 3.05) is 7.11 Å². The molecule has 4 nitrogen and oxygen atoms in total. The third kappa shape index (κ3) is 3.17. The molecule has 1 unspecified atom stereocenters. The Kier molecular flexibility index (Phi) is 4.78. The van der Waals surface area contributed by atoms with E-state index in [0.29, 0.717) is 16.1 Å². The Morgan fingerprint density at radius 3 is 2.83 bits per heavy atom. The van der Waals surface area contributed by atoms with E-state index in [2.05, 4.69) is 17.4 Å². The van der Waals surface area contributed by atoms with Crippen LogP contribution < -0.4 is 10.8 Å². The molecule has 0 aromatic heterocycles. The lowest BCUT2D eigenvalue weighted by atomic mass is 9.87. The van der Waals surface area contributed by atoms with Gasteiger partial charge in [0, 0.05) is 17.7 Å². The van der Waals surface area contributed by atoms with Crippen molar-refractivity contribution in [2.45, 2.75) is 31.3 Å². The Hall–Kier alpha value is -1.33. The van der Waals surface area contributed by atoms with E-state index in [4.69, 9.17) is 28.0 Å². The molecule has 23 heavy (non-hydrogen) atoms. The average molecular weight is 353 g/mol. The van der Waals surface area contributed by atoms with Gasteiger partial charge in [-0.1, -0.05) is 35.8 Å². The zero-order chi connectivity index (χ0) is 16.6. The second kappa shape index (κ2) is 6.65. The summed E-state index contributed by atoms with van der Waals surface area (Å²) in [5.74, 6) is -0.134. The smallest absolute Gasteiger partial charge is 0.208 e. The molecule has 1 aromatic carbocycles. The van der Waals surface area contributed by atoms with Crippen molar-refractivity contribution in [1.82, 2.24) is 10.8 Å². The predicted molar refractivity (Wildman–Crippen MR) is 92.2 cm³/mol. The number of benzene rings is 1. The first-order chi connectivity index (χ1) is 11.0. The maximum absolute atomic E-state index is 12.8. The predicted octanol–water partition coefficient (Wildman–Crippen LogP) is 3.51. The van der Waals surface area contributed by atoms with Gasteiger partial charge >= 0.3 is 0 Å². The quantitative estimate of drug-likeness (QED) is 0.628. The van der Waals surface area contributed by atoms with Crippen LogP contribution >= 0.6 is 23.2 Å². The number of hydroxylamine groups is 1. The molecule has 0 spiro atoms. The molecule has 2 bridgehead atoms. The maximum atomic E-state index is 12.8. The van der Waals surface area contributed by atoms with Crippen LogP contribution in [0.4, 0.5) is 0 Å². The first kappa shape index (κ1) is 16.5. The van der Waals surface area contributed by atoms with Gasteiger partial charge in [0.15, 0.2) is 0 Å². The number of hydrogen-bond acceptors (Lipinski definition) is 4. The van der Waals surface area contributed by atoms with Crippen molar-refractivity contribution < 1.29 is 9.63 Å². The average Bonchev–Trinajstić information content (AvgIpc) is 2.91. The number of carbonyl (C=O) groups is 1. The molecule has 2 N–H and O–H groups in total. The summed E-state index contributed by atoms with van der Waals surface area (Å²) >= 11 is 12.2. The van der Waals surface area contributed by atoms with Crippen molar-refractivity contribution in [2.24, 2.45) is 0 Å². The van der Waals surface area contributed by atoms with Gasteiger partial charge in [-0.3, -0.25) is 15.1 Å². The summed E-state index contributed by atoms with van der Waals surface area (Å²) in [6.07, 6.45) is 2.78. The third-order valence-electron chi connectivity index (χ3n) is 4.38. The molecule has 1 aromatic rings. The molecule has 0 saturated carbocycles. The fraction of sp³-hybridized carbons (Fsp3) is 0.353. The van der Waals surface area contributed by atoms with E-state index in [1.54, 1.807) is 6.07 Å². The van der Waals surface area contributed by atoms with E-state index in [0.717, 1.165) is 36.0 Å². The number of halogens is 2. The topological polar surface area (TPSA) is 50.4 Å². The van der Waals surface area contributed by atoms with Gasteiger partial charge in [-0.2, -0.15) is 0 Å². The van der Waals surface area contributed by atoms with Crippen LogP contribution in [0.1, 0.15) is 24.8 Å². The Morgan fingerprint density at radius 2 is 2.13 bits per heavy atom. The number of fused-ring (bicyclic) bond motifs is 2. The molecular formula is C17H18Cl2N2O2. The molecule has 2 atom stereocenters. The van der Waals surface area contributed by atoms with Crippen LogP contribution in [-0.4, -0.2) is 25.0 Å². The van der Waals surface area contributed by atoms with Crippen molar-refractivity contribution in [1.29, 1.82) is 0 Å². The van der Waals surface area contributed by atoms with Crippen molar-refractivity contribution in [3.63, 3.8) is 0 Å². The van der Waals surface area contributed by atoms with Crippen LogP contribution in [0.2, 0.25) is 10.0 Å². The third-order valence-corrected chi connectivity index (χ3v) is 5.12. The van der Waals surface area contributed by atoms with Crippen LogP contribution in [-0.2, 0) is 9.63 Å². The van der Waals surface area contributed by atoms with Gasteiger partial charge in [-0.05, 0) is 42.5 Å². The first-order valence-corrected chi connectivity index (χ1v) is 8.24. The Balaban J connectivity index is 2.06. The highest BCUT2D eigenvalue weighted by molar-refractivity contribution is 6.42. The van der Waals surface area contributed by atoms with Crippen LogP contribution in [0.3, 0.4) is 0 Å². The van der Waals surface area contributed by atoms with E-state index in [-0.39, 0.29) is 17.5 Å². The number of hydrogen-bond donors (Lipinski definition) is 2. The summed E-state index contributed by atoms with van der Waals surface area (Å²) in [6, 6.07) is 5.93. The van der Waals surface area contributed by atoms with Gasteiger partial charge in [-0.15, -0.1) is 0 Å². The van der Waals surface area contributed by atoms with Crippen LogP contribution in [0.5, 0.6) is 0 Å². The molecule has 2 aliphatic rings. The number of allylic oxidation sites excluding steroid dienone is 1. The lowest BCUT2D eigenvalue weighted by Gasteiger charge is -2.28. The van der Waals surface area contributed by atoms with E-state index < -0.39 is 0 Å². The minimum atomic E-state index is -0.134. The van der Waals surface area contributed by atoms with Crippen molar-refractivity contribution in [3.05, 3.63) is 51.7 Å². The molecule has 2 aliphatic heterocycles. The van der Waals surface area contributed by atoms with Crippen molar-refractivity contribution in [3.8, 4) is 0 Å². The summed E-state index contributed by atoms with van der Waals surface area (Å²) < 4.78 is 0. The van der Waals surface area contributed by atoms with Crippen LogP contribution in [0.15, 0.2) is 36.0 Å². The molecule has 1 saturated heterocycles. The molecular weight excluding hydrogens is 335 g/mol. The van der Waals surface area contributed by atoms with Gasteiger partial charge in [0.05, 0.1) is 17.2 Å². The highest BCUT2D eigenvalue weighted by Gasteiger charge is 2.38. The standard InChI is InChI=1S/C17H18Cl2N2O2/c1-9(21-23-2)17(22)16-12(8-11-4-6-15(16)20-11)10-3-5-13(18)14(19)7-10/h3,5,7,11,15,20-21H,1,4,6,8H2,2H3/t11?,15-/m1/s1. The van der Waals surface area contributed by atoms with E-state index in [1.807, 2.05) is 12.1 Å². The Morgan fingerprint density at radius 1 is 1.35 bits per heavy atom. The van der Waals surface area contributed by atoms with E-state index >= 15 is 0 Å². The van der Waals surface area contributed by atoms with E-state index in [9.17, 15) is 4.79 Å². The Bertz CT molecular complexity index is 700. The number of rotatable bonds is 5. The second-order valence-corrected chi connectivity index (χ2v) is 6.65. The summed E-state index contributed by atoms with van der Waals surface area (Å²) in [5, 5.41) is 4.49. The summed E-state index contributed by atoms with van der Waals surface area (Å²) in [7, 11) is 1.46. The lowest BCUT2D eigenvalue weighted by Crippen LogP contribution is -2.39. The molecule has 2 heterocycles. The van der Waals surface area contributed by atoms with Crippen molar-refractivity contribution >= 4 is 34.6 Å². The molecule has 3 rings (SSSR count). The zero-order valence-electron chi connectivity index (χ0n) is 12.8. The largest absolute Gasteiger partial charge is 0.307 e. The normalized spacial score (nSPS) is 23.1. The minimum absolute atomic E-state index is 0.0427. The highest BCUT2D eigenvalue weighted by atomic mass is 35.5. The molecule has 122 valence electrons. The zero-order valence-corrected chi connectivity index (χ0v) is 14.3. The molecule has 0 radical (unpaired) electrons. The lowest BCUT2D eigenvalue weighted by molar-refractivity contribution is -0.114. The number of nitrogens with one attached hydrogen (secondary N) is 2. The van der Waals surface area contributed by atoms with E-state index in [1.165, 1.54) is 7.11 Å². The molecule has 0 amide bonds. The molecule has 1 fully saturated rings. The Labute approximate surface area is 145 Å². The number of carbonyl (C=O) groups excluding carboxylic acids is 1. The fourth-order valence-electron chi connectivity index (χ4n) is 3.36. The number of Topliss-reactive ketones (excluding diaryl/α,β-unsaturated/α-hetero) is 1. The fourth-order valence-corrected chi connectivity index (χ4v) is 3.66. The maximum Gasteiger partial charge on any atom is 0.208 e.